The second-order valence-corrected chi connectivity index (χ2v) is 6.72. The molecule has 116 valence electrons. The first-order valence-corrected chi connectivity index (χ1v) is 8.58. The SMILES string of the molecule is O=S(=O)(Nc1ncc(-c2ccccc2)nc1Cl)c1ccccc1. The minimum absolute atomic E-state index is 0.00444. The van der Waals surface area contributed by atoms with Gasteiger partial charge in [0.05, 0.1) is 16.8 Å². The molecule has 1 heterocycles. The average molecular weight is 346 g/mol. The maximum absolute atomic E-state index is 12.3. The third-order valence-electron chi connectivity index (χ3n) is 3.08. The lowest BCUT2D eigenvalue weighted by Crippen LogP contribution is -2.14. The van der Waals surface area contributed by atoms with Crippen LogP contribution in [0, 0.1) is 0 Å². The van der Waals surface area contributed by atoms with Crippen molar-refractivity contribution >= 4 is 27.4 Å². The largest absolute Gasteiger partial charge is 0.263 e. The van der Waals surface area contributed by atoms with Gasteiger partial charge in [0.25, 0.3) is 10.0 Å². The van der Waals surface area contributed by atoms with E-state index >= 15 is 0 Å². The number of nitrogens with zero attached hydrogens (tertiary/aromatic N) is 2. The Morgan fingerprint density at radius 3 is 2.13 bits per heavy atom. The first-order valence-electron chi connectivity index (χ1n) is 6.72. The Morgan fingerprint density at radius 2 is 1.52 bits per heavy atom. The number of nitrogens with one attached hydrogen (secondary N) is 1. The predicted octanol–water partition coefficient (Wildman–Crippen LogP) is 3.60. The summed E-state index contributed by atoms with van der Waals surface area (Å²) in [5.74, 6) is -0.00444. The fourth-order valence-electron chi connectivity index (χ4n) is 1.97. The van der Waals surface area contributed by atoms with Gasteiger partial charge in [-0.3, -0.25) is 4.72 Å². The van der Waals surface area contributed by atoms with Crippen molar-refractivity contribution in [1.29, 1.82) is 0 Å². The Labute approximate surface area is 139 Å². The van der Waals surface area contributed by atoms with Crippen molar-refractivity contribution in [2.45, 2.75) is 4.90 Å². The summed E-state index contributed by atoms with van der Waals surface area (Å²) in [7, 11) is -3.75. The minimum atomic E-state index is -3.75. The Morgan fingerprint density at radius 1 is 0.913 bits per heavy atom. The highest BCUT2D eigenvalue weighted by atomic mass is 35.5. The van der Waals surface area contributed by atoms with Gasteiger partial charge < -0.3 is 0 Å². The van der Waals surface area contributed by atoms with Gasteiger partial charge in [-0.1, -0.05) is 60.1 Å². The third kappa shape index (κ3) is 3.49. The molecule has 0 saturated heterocycles. The molecule has 1 N–H and O–H groups in total. The summed E-state index contributed by atoms with van der Waals surface area (Å²) >= 11 is 6.07. The number of aromatic nitrogens is 2. The molecule has 3 aromatic rings. The molecule has 0 bridgehead atoms. The van der Waals surface area contributed by atoms with Crippen molar-refractivity contribution in [2.24, 2.45) is 0 Å². The van der Waals surface area contributed by atoms with E-state index in [-0.39, 0.29) is 15.9 Å². The van der Waals surface area contributed by atoms with Gasteiger partial charge in [0.2, 0.25) is 0 Å². The lowest BCUT2D eigenvalue weighted by atomic mass is 10.2. The van der Waals surface area contributed by atoms with E-state index in [1.54, 1.807) is 18.2 Å². The van der Waals surface area contributed by atoms with Gasteiger partial charge in [-0.2, -0.15) is 0 Å². The molecule has 0 spiro atoms. The van der Waals surface area contributed by atoms with E-state index in [0.29, 0.717) is 5.69 Å². The number of hydrogen-bond donors (Lipinski definition) is 1. The normalized spacial score (nSPS) is 11.2. The molecular formula is C16H12ClN3O2S. The standard InChI is InChI=1S/C16H12ClN3O2S/c17-15-16(20-23(21,22)13-9-5-2-6-10-13)18-11-14(19-15)12-7-3-1-4-8-12/h1-11H,(H,18,20). The fraction of sp³-hybridized carbons (Fsp3) is 0. The molecule has 0 radical (unpaired) electrons. The average Bonchev–Trinajstić information content (AvgIpc) is 2.58. The predicted molar refractivity (Wildman–Crippen MR) is 89.7 cm³/mol. The molecule has 3 rings (SSSR count). The number of anilines is 1. The smallest absolute Gasteiger partial charge is 0.261 e. The molecule has 0 unspecified atom stereocenters. The number of rotatable bonds is 4. The van der Waals surface area contributed by atoms with Crippen LogP contribution in [0.1, 0.15) is 0 Å². The van der Waals surface area contributed by atoms with Crippen LogP contribution in [0.2, 0.25) is 5.15 Å². The van der Waals surface area contributed by atoms with Crippen molar-refractivity contribution in [1.82, 2.24) is 9.97 Å². The zero-order chi connectivity index (χ0) is 16.3. The lowest BCUT2D eigenvalue weighted by molar-refractivity contribution is 0.601. The Bertz CT molecular complexity index is 917. The molecule has 23 heavy (non-hydrogen) atoms. The monoisotopic (exact) mass is 345 g/mol. The Balaban J connectivity index is 1.90. The maximum Gasteiger partial charge on any atom is 0.263 e. The van der Waals surface area contributed by atoms with Crippen molar-refractivity contribution in [3.05, 3.63) is 72.0 Å². The number of sulfonamides is 1. The molecule has 0 fully saturated rings. The maximum atomic E-state index is 12.3. The second kappa shape index (κ2) is 6.36. The molecule has 0 amide bonds. The summed E-state index contributed by atoms with van der Waals surface area (Å²) in [4.78, 5) is 8.41. The summed E-state index contributed by atoms with van der Waals surface area (Å²) in [5, 5.41) is -0.00846. The van der Waals surface area contributed by atoms with Crippen molar-refractivity contribution in [3.63, 3.8) is 0 Å². The topological polar surface area (TPSA) is 72.0 Å². The first-order chi connectivity index (χ1) is 11.1. The van der Waals surface area contributed by atoms with Crippen LogP contribution in [0.25, 0.3) is 11.3 Å². The van der Waals surface area contributed by atoms with Crippen LogP contribution in [0.5, 0.6) is 0 Å². The molecule has 0 saturated carbocycles. The zero-order valence-electron chi connectivity index (χ0n) is 11.8. The summed E-state index contributed by atoms with van der Waals surface area (Å²) < 4.78 is 26.9. The van der Waals surface area contributed by atoms with Gasteiger partial charge in [-0.25, -0.2) is 18.4 Å². The van der Waals surface area contributed by atoms with E-state index in [9.17, 15) is 8.42 Å². The molecule has 0 aliphatic rings. The molecule has 2 aromatic carbocycles. The van der Waals surface area contributed by atoms with Crippen molar-refractivity contribution in [2.75, 3.05) is 4.72 Å². The Hall–Kier alpha value is -2.44. The summed E-state index contributed by atoms with van der Waals surface area (Å²) in [6.07, 6.45) is 1.48. The minimum Gasteiger partial charge on any atom is -0.261 e. The zero-order valence-corrected chi connectivity index (χ0v) is 13.4. The van der Waals surface area contributed by atoms with Crippen LogP contribution in [0.4, 0.5) is 5.82 Å². The van der Waals surface area contributed by atoms with Gasteiger partial charge in [-0.15, -0.1) is 0 Å². The highest BCUT2D eigenvalue weighted by Crippen LogP contribution is 2.24. The molecule has 1 aromatic heterocycles. The van der Waals surface area contributed by atoms with E-state index in [0.717, 1.165) is 5.56 Å². The van der Waals surface area contributed by atoms with Gasteiger partial charge in [0.1, 0.15) is 0 Å². The van der Waals surface area contributed by atoms with E-state index in [1.165, 1.54) is 18.3 Å². The van der Waals surface area contributed by atoms with Crippen LogP contribution in [0.15, 0.2) is 71.8 Å². The number of halogens is 1. The van der Waals surface area contributed by atoms with Gasteiger partial charge >= 0.3 is 0 Å². The second-order valence-electron chi connectivity index (χ2n) is 4.68. The molecule has 0 atom stereocenters. The Kier molecular flexibility index (Phi) is 4.27. The van der Waals surface area contributed by atoms with Crippen LogP contribution in [-0.4, -0.2) is 18.4 Å². The number of hydrogen-bond acceptors (Lipinski definition) is 4. The highest BCUT2D eigenvalue weighted by molar-refractivity contribution is 7.92. The molecule has 7 heteroatoms. The fourth-order valence-corrected chi connectivity index (χ4v) is 3.25. The van der Waals surface area contributed by atoms with E-state index in [1.807, 2.05) is 30.3 Å². The summed E-state index contributed by atoms with van der Waals surface area (Å²) in [6.45, 7) is 0. The summed E-state index contributed by atoms with van der Waals surface area (Å²) in [6, 6.07) is 17.4. The molecular weight excluding hydrogens is 334 g/mol. The quantitative estimate of drug-likeness (QED) is 0.784. The van der Waals surface area contributed by atoms with Crippen LogP contribution in [-0.2, 0) is 10.0 Å². The van der Waals surface area contributed by atoms with E-state index < -0.39 is 10.0 Å². The van der Waals surface area contributed by atoms with E-state index in [2.05, 4.69) is 14.7 Å². The molecule has 0 aliphatic carbocycles. The van der Waals surface area contributed by atoms with Crippen LogP contribution in [0.3, 0.4) is 0 Å². The molecule has 0 aliphatic heterocycles. The van der Waals surface area contributed by atoms with Gasteiger partial charge in [-0.05, 0) is 12.1 Å². The van der Waals surface area contributed by atoms with Crippen molar-refractivity contribution < 1.29 is 8.42 Å². The van der Waals surface area contributed by atoms with Gasteiger partial charge in [0, 0.05) is 5.56 Å². The lowest BCUT2D eigenvalue weighted by Gasteiger charge is -2.09. The summed E-state index contributed by atoms with van der Waals surface area (Å²) in [5.41, 5.74) is 1.41. The third-order valence-corrected chi connectivity index (χ3v) is 4.70. The van der Waals surface area contributed by atoms with E-state index in [4.69, 9.17) is 11.6 Å². The van der Waals surface area contributed by atoms with Crippen molar-refractivity contribution in [3.8, 4) is 11.3 Å². The van der Waals surface area contributed by atoms with Gasteiger partial charge in [0.15, 0.2) is 11.0 Å². The van der Waals surface area contributed by atoms with Crippen LogP contribution >= 0.6 is 11.6 Å². The molecule has 5 nitrogen and oxygen atoms in total. The number of benzene rings is 2. The first kappa shape index (κ1) is 15.5. The van der Waals surface area contributed by atoms with Crippen LogP contribution < -0.4 is 4.72 Å². The highest BCUT2D eigenvalue weighted by Gasteiger charge is 2.17.